The molecule has 1 aliphatic carbocycles. The molecule has 3 aliphatic heterocycles. The number of nitrogens with zero attached hydrogens (tertiary/aromatic N) is 2. The number of carbonyl (C=O) groups is 1. The molecule has 0 N–H and O–H groups in total. The lowest BCUT2D eigenvalue weighted by molar-refractivity contribution is -0.141. The third kappa shape index (κ3) is 2.75. The molecule has 1 amide bonds. The van der Waals surface area contributed by atoms with Gasteiger partial charge in [-0.05, 0) is 43.7 Å². The molecule has 1 saturated carbocycles. The number of hydrogen-bond acceptors (Lipinski definition) is 3. The van der Waals surface area contributed by atoms with Crippen molar-refractivity contribution in [3.05, 3.63) is 30.3 Å². The van der Waals surface area contributed by atoms with Crippen LogP contribution in [0.5, 0.6) is 0 Å². The van der Waals surface area contributed by atoms with Crippen LogP contribution in [0.2, 0.25) is 0 Å². The Morgan fingerprint density at radius 1 is 1.00 bits per heavy atom. The van der Waals surface area contributed by atoms with Crippen molar-refractivity contribution in [2.24, 2.45) is 11.8 Å². The zero-order chi connectivity index (χ0) is 16.7. The van der Waals surface area contributed by atoms with E-state index in [-0.39, 0.29) is 17.9 Å². The van der Waals surface area contributed by atoms with Crippen molar-refractivity contribution >= 4 is 15.9 Å². The average Bonchev–Trinajstić information content (AvgIpc) is 2.84. The zero-order valence-corrected chi connectivity index (χ0v) is 14.6. The molecular weight excluding hydrogens is 324 g/mol. The van der Waals surface area contributed by atoms with Gasteiger partial charge in [-0.25, -0.2) is 8.42 Å². The second kappa shape index (κ2) is 6.15. The molecule has 6 heteroatoms. The molecule has 1 aromatic rings. The Kier molecular flexibility index (Phi) is 4.12. The summed E-state index contributed by atoms with van der Waals surface area (Å²) in [5.74, 6) is 0.610. The van der Waals surface area contributed by atoms with E-state index in [4.69, 9.17) is 0 Å². The molecule has 5 rings (SSSR count). The molecule has 4 aliphatic rings. The van der Waals surface area contributed by atoms with E-state index in [0.29, 0.717) is 23.9 Å². The lowest BCUT2D eigenvalue weighted by atomic mass is 9.83. The lowest BCUT2D eigenvalue weighted by Crippen LogP contribution is -2.50. The van der Waals surface area contributed by atoms with E-state index >= 15 is 0 Å². The van der Waals surface area contributed by atoms with Crippen LogP contribution in [-0.2, 0) is 14.8 Å². The highest BCUT2D eigenvalue weighted by Crippen LogP contribution is 2.35. The van der Waals surface area contributed by atoms with Crippen LogP contribution in [-0.4, -0.2) is 49.2 Å². The summed E-state index contributed by atoms with van der Waals surface area (Å²) in [4.78, 5) is 15.1. The Labute approximate surface area is 143 Å². The smallest absolute Gasteiger partial charge is 0.243 e. The molecule has 4 fully saturated rings. The maximum absolute atomic E-state index is 13.0. The quantitative estimate of drug-likeness (QED) is 0.837. The van der Waals surface area contributed by atoms with Crippen molar-refractivity contribution in [1.29, 1.82) is 0 Å². The highest BCUT2D eigenvalue weighted by molar-refractivity contribution is 7.89. The predicted octanol–water partition coefficient (Wildman–Crippen LogP) is 2.10. The largest absolute Gasteiger partial charge is 0.338 e. The van der Waals surface area contributed by atoms with Crippen LogP contribution in [0.25, 0.3) is 0 Å². The summed E-state index contributed by atoms with van der Waals surface area (Å²) in [5, 5.41) is 0. The first-order chi connectivity index (χ1) is 11.6. The van der Waals surface area contributed by atoms with E-state index < -0.39 is 10.0 Å². The van der Waals surface area contributed by atoms with Crippen molar-refractivity contribution in [1.82, 2.24) is 9.21 Å². The van der Waals surface area contributed by atoms with E-state index in [0.717, 1.165) is 19.4 Å². The number of carbonyl (C=O) groups excluding carboxylic acids is 1. The number of hydrogen-bond donors (Lipinski definition) is 0. The van der Waals surface area contributed by atoms with E-state index in [2.05, 4.69) is 0 Å². The second-order valence-electron chi connectivity index (χ2n) is 7.35. The molecular formula is C18H24N2O3S. The second-order valence-corrected chi connectivity index (χ2v) is 9.29. The summed E-state index contributed by atoms with van der Waals surface area (Å²) in [7, 11) is -3.52. The topological polar surface area (TPSA) is 57.7 Å². The molecule has 0 aromatic heterocycles. The maximum Gasteiger partial charge on any atom is 0.243 e. The first kappa shape index (κ1) is 16.1. The van der Waals surface area contributed by atoms with Crippen molar-refractivity contribution in [2.45, 2.75) is 43.0 Å². The van der Waals surface area contributed by atoms with Gasteiger partial charge in [0.25, 0.3) is 0 Å². The number of piperidine rings is 1. The maximum atomic E-state index is 13.0. The minimum atomic E-state index is -3.52. The van der Waals surface area contributed by atoms with Gasteiger partial charge >= 0.3 is 0 Å². The molecule has 3 heterocycles. The minimum Gasteiger partial charge on any atom is -0.338 e. The van der Waals surface area contributed by atoms with Crippen molar-refractivity contribution < 1.29 is 13.2 Å². The van der Waals surface area contributed by atoms with Crippen LogP contribution in [0.1, 0.15) is 32.1 Å². The minimum absolute atomic E-state index is 0.0373. The van der Waals surface area contributed by atoms with Crippen molar-refractivity contribution in [3.8, 4) is 0 Å². The zero-order valence-electron chi connectivity index (χ0n) is 13.8. The molecule has 0 spiro atoms. The molecule has 24 heavy (non-hydrogen) atoms. The summed E-state index contributed by atoms with van der Waals surface area (Å²) in [5.41, 5.74) is 0. The van der Waals surface area contributed by atoms with Gasteiger partial charge in [0.1, 0.15) is 0 Å². The fourth-order valence-corrected chi connectivity index (χ4v) is 5.68. The van der Waals surface area contributed by atoms with Crippen LogP contribution in [0, 0.1) is 11.8 Å². The van der Waals surface area contributed by atoms with E-state index in [1.807, 2.05) is 11.0 Å². The Hall–Kier alpha value is -1.40. The van der Waals surface area contributed by atoms with Crippen LogP contribution >= 0.6 is 0 Å². The van der Waals surface area contributed by atoms with Crippen molar-refractivity contribution in [2.75, 3.05) is 19.6 Å². The Morgan fingerprint density at radius 2 is 1.75 bits per heavy atom. The molecule has 3 saturated heterocycles. The molecule has 5 nitrogen and oxygen atoms in total. The molecule has 1 aromatic carbocycles. The SMILES string of the molecule is O=C1[C@H]2CC[C@H](CN(S(=O)(=O)c3ccccc3)C2)N1CC1CCC1. The number of fused-ring (bicyclic) bond motifs is 4. The third-order valence-electron chi connectivity index (χ3n) is 5.82. The van der Waals surface area contributed by atoms with Crippen LogP contribution in [0.15, 0.2) is 35.2 Å². The molecule has 2 bridgehead atoms. The third-order valence-corrected chi connectivity index (χ3v) is 7.67. The summed E-state index contributed by atoms with van der Waals surface area (Å²) in [6, 6.07) is 8.61. The Bertz CT molecular complexity index is 715. The molecule has 130 valence electrons. The normalized spacial score (nSPS) is 28.7. The van der Waals surface area contributed by atoms with Crippen molar-refractivity contribution in [3.63, 3.8) is 0 Å². The number of sulfonamides is 1. The van der Waals surface area contributed by atoms with Crippen LogP contribution in [0.4, 0.5) is 0 Å². The van der Waals surface area contributed by atoms with Crippen LogP contribution < -0.4 is 0 Å². The molecule has 0 unspecified atom stereocenters. The lowest BCUT2D eigenvalue weighted by Gasteiger charge is -2.40. The Balaban J connectivity index is 1.58. The summed E-state index contributed by atoms with van der Waals surface area (Å²) in [6.07, 6.45) is 5.39. The van der Waals surface area contributed by atoms with Gasteiger partial charge in [-0.15, -0.1) is 0 Å². The van der Waals surface area contributed by atoms with Gasteiger partial charge in [0, 0.05) is 25.7 Å². The van der Waals surface area contributed by atoms with E-state index in [1.54, 1.807) is 28.6 Å². The fraction of sp³-hybridized carbons (Fsp3) is 0.611. The van der Waals surface area contributed by atoms with Gasteiger partial charge in [0.05, 0.1) is 10.8 Å². The van der Waals surface area contributed by atoms with Gasteiger partial charge in [-0.1, -0.05) is 24.6 Å². The fourth-order valence-electron chi connectivity index (χ4n) is 4.13. The van der Waals surface area contributed by atoms with Gasteiger partial charge in [0.2, 0.25) is 15.9 Å². The summed E-state index contributed by atoms with van der Waals surface area (Å²) in [6.45, 7) is 1.58. The predicted molar refractivity (Wildman–Crippen MR) is 90.8 cm³/mol. The summed E-state index contributed by atoms with van der Waals surface area (Å²) < 4.78 is 27.5. The number of amides is 1. The standard InChI is InChI=1S/C18H24N2O3S/c21-18-15-9-10-16(20(18)11-14-5-4-6-14)13-19(12-15)24(22,23)17-7-2-1-3-8-17/h1-3,7-8,14-16H,4-6,9-13H2/t15-,16+/m0/s1. The van der Waals surface area contributed by atoms with E-state index in [9.17, 15) is 13.2 Å². The molecule has 2 atom stereocenters. The number of rotatable bonds is 4. The highest BCUT2D eigenvalue weighted by atomic mass is 32.2. The van der Waals surface area contributed by atoms with Gasteiger partial charge in [-0.2, -0.15) is 4.31 Å². The first-order valence-corrected chi connectivity index (χ1v) is 10.4. The highest BCUT2D eigenvalue weighted by Gasteiger charge is 2.44. The number of benzene rings is 1. The van der Waals surface area contributed by atoms with Gasteiger partial charge in [0.15, 0.2) is 0 Å². The van der Waals surface area contributed by atoms with Gasteiger partial charge < -0.3 is 4.90 Å². The van der Waals surface area contributed by atoms with E-state index in [1.165, 1.54) is 19.3 Å². The Morgan fingerprint density at radius 3 is 2.42 bits per heavy atom. The van der Waals surface area contributed by atoms with Crippen LogP contribution in [0.3, 0.4) is 0 Å². The first-order valence-electron chi connectivity index (χ1n) is 8.91. The summed E-state index contributed by atoms with van der Waals surface area (Å²) >= 11 is 0. The molecule has 0 radical (unpaired) electrons. The monoisotopic (exact) mass is 348 g/mol. The average molecular weight is 348 g/mol. The van der Waals surface area contributed by atoms with Gasteiger partial charge in [-0.3, -0.25) is 4.79 Å².